The third-order valence-corrected chi connectivity index (χ3v) is 10.9. The van der Waals surface area contributed by atoms with Gasteiger partial charge in [-0.25, -0.2) is 0 Å². The summed E-state index contributed by atoms with van der Waals surface area (Å²) in [6.07, 6.45) is 4.98. The van der Waals surface area contributed by atoms with Gasteiger partial charge in [0, 0.05) is 38.5 Å². The summed E-state index contributed by atoms with van der Waals surface area (Å²) in [4.78, 5) is 8.96. The van der Waals surface area contributed by atoms with E-state index in [-0.39, 0.29) is 37.5 Å². The van der Waals surface area contributed by atoms with Crippen LogP contribution in [0, 0.1) is 42.7 Å². The van der Waals surface area contributed by atoms with Crippen LogP contribution in [0.25, 0.3) is 55.6 Å². The molecule has 7 aromatic rings. The zero-order valence-corrected chi connectivity index (χ0v) is 33.7. The van der Waals surface area contributed by atoms with Gasteiger partial charge >= 0.3 is 114 Å². The van der Waals surface area contributed by atoms with E-state index in [2.05, 4.69) is 22.1 Å². The number of fused-ring (bicyclic) bond motifs is 5. The van der Waals surface area contributed by atoms with Crippen molar-refractivity contribution in [2.24, 2.45) is 23.7 Å². The van der Waals surface area contributed by atoms with Crippen LogP contribution in [-0.2, 0) is 32.9 Å². The van der Waals surface area contributed by atoms with Gasteiger partial charge in [-0.2, -0.15) is 0 Å². The standard InChI is InChI=1S/C32H28NO.C15H15GeN.Ir/c1-20-7-11-27(29-18-22(13-14-33-29)17-26-16-21-8-9-24(26)15-21)32-31(20)28-12-10-25(19-30(28)34-32)23-5-3-2-4-6-23;1-11(2)8-13-9-15(17-10-14(13)16)12-6-4-3-5-7-12;/h2-7,10,12-14,18-19,21,24,26H,8-9,15-17H2,1H3;3-6,9-11H,8H2,1-2H3;/q2*-1;/i1D3,17D2;8D2;. The van der Waals surface area contributed by atoms with E-state index in [0.717, 1.165) is 51.4 Å². The Balaban J connectivity index is 0.000000223. The maximum Gasteiger partial charge on any atom is 0 e. The van der Waals surface area contributed by atoms with Gasteiger partial charge in [0.25, 0.3) is 0 Å². The molecule has 3 unspecified atom stereocenters. The Kier molecular flexibility index (Phi) is 8.84. The first kappa shape index (κ1) is 28.6. The summed E-state index contributed by atoms with van der Waals surface area (Å²) in [6, 6.07) is 36.6. The van der Waals surface area contributed by atoms with Crippen molar-refractivity contribution in [2.45, 2.75) is 59.1 Å². The van der Waals surface area contributed by atoms with Crippen LogP contribution in [0.15, 0.2) is 114 Å². The molecular weight excluding hydrogens is 873 g/mol. The van der Waals surface area contributed by atoms with Gasteiger partial charge in [-0.1, -0.05) is 78.3 Å². The maximum absolute atomic E-state index is 9.08. The first-order valence-corrected chi connectivity index (χ1v) is 18.8. The minimum absolute atomic E-state index is 0. The first-order chi connectivity index (χ1) is 27.6. The van der Waals surface area contributed by atoms with Crippen LogP contribution >= 0.6 is 0 Å². The zero-order chi connectivity index (χ0) is 41.0. The zero-order valence-electron chi connectivity index (χ0n) is 36.2. The van der Waals surface area contributed by atoms with Gasteiger partial charge in [-0.3, -0.25) is 0 Å². The smallest absolute Gasteiger partial charge is 0 e. The van der Waals surface area contributed by atoms with Crippen molar-refractivity contribution < 1.29 is 34.1 Å². The number of rotatable bonds is 7. The molecule has 2 bridgehead atoms. The van der Waals surface area contributed by atoms with Gasteiger partial charge in [-0.15, -0.1) is 17.7 Å². The maximum atomic E-state index is 9.08. The summed E-state index contributed by atoms with van der Waals surface area (Å²) in [5.74, 6) is 1.01. The number of aryl methyl sites for hydroxylation is 1. The van der Waals surface area contributed by atoms with Gasteiger partial charge < -0.3 is 9.40 Å². The molecule has 3 heterocycles. The van der Waals surface area contributed by atoms with Crippen molar-refractivity contribution in [2.75, 3.05) is 0 Å². The van der Waals surface area contributed by atoms with Crippen LogP contribution in [0.2, 0.25) is 0 Å². The van der Waals surface area contributed by atoms with Crippen LogP contribution in [0.3, 0.4) is 0 Å². The van der Waals surface area contributed by atoms with E-state index in [1.54, 1.807) is 24.5 Å². The van der Waals surface area contributed by atoms with Crippen molar-refractivity contribution in [3.63, 3.8) is 0 Å². The molecule has 0 saturated heterocycles. The molecule has 2 fully saturated rings. The van der Waals surface area contributed by atoms with Crippen LogP contribution in [0.5, 0.6) is 0 Å². The average Bonchev–Trinajstić information content (AvgIpc) is 3.97. The molecule has 0 spiro atoms. The molecule has 3 aromatic heterocycles. The molecule has 4 radical (unpaired) electrons. The van der Waals surface area contributed by atoms with E-state index in [1.165, 1.54) is 12.5 Å². The molecule has 0 amide bonds. The van der Waals surface area contributed by atoms with Gasteiger partial charge in [0.1, 0.15) is 5.58 Å². The Hall–Kier alpha value is -3.83. The molecule has 0 aliphatic heterocycles. The van der Waals surface area contributed by atoms with Crippen LogP contribution in [0.1, 0.15) is 65.8 Å². The van der Waals surface area contributed by atoms with Crippen molar-refractivity contribution in [1.29, 1.82) is 0 Å². The van der Waals surface area contributed by atoms with Gasteiger partial charge in [0.15, 0.2) is 0 Å². The van der Waals surface area contributed by atoms with E-state index >= 15 is 0 Å². The van der Waals surface area contributed by atoms with Crippen LogP contribution in [0.4, 0.5) is 0 Å². The normalized spacial score (nSPS) is 20.5. The molecule has 5 heteroatoms. The Bertz CT molecular complexity index is 2600. The number of hydrogen-bond acceptors (Lipinski definition) is 3. The monoisotopic (exact) mass is 925 g/mol. The minimum atomic E-state index is -2.35. The fourth-order valence-corrected chi connectivity index (χ4v) is 8.14. The topological polar surface area (TPSA) is 38.9 Å². The molecular formula is C47H43GeIrN2O-2. The average molecular weight is 924 g/mol. The molecule has 2 aliphatic rings. The molecule has 2 saturated carbocycles. The molecule has 0 N–H and O–H groups in total. The summed E-state index contributed by atoms with van der Waals surface area (Å²) in [5.41, 5.74) is 7.25. The second-order valence-corrected chi connectivity index (χ2v) is 15.1. The summed E-state index contributed by atoms with van der Waals surface area (Å²) in [6.45, 7) is 1.44. The summed E-state index contributed by atoms with van der Waals surface area (Å²) < 4.78 is 66.5. The summed E-state index contributed by atoms with van der Waals surface area (Å²) >= 11 is 1.90. The van der Waals surface area contributed by atoms with E-state index in [4.69, 9.17) is 14.0 Å². The largest absolute Gasteiger partial charge is 0 e. The fourth-order valence-electron chi connectivity index (χ4n) is 7.70. The Labute approximate surface area is 340 Å². The van der Waals surface area contributed by atoms with Gasteiger partial charge in [0.2, 0.25) is 0 Å². The van der Waals surface area contributed by atoms with Crippen molar-refractivity contribution >= 4 is 42.8 Å². The molecule has 3 atom stereocenters. The molecule has 3 nitrogen and oxygen atoms in total. The summed E-state index contributed by atoms with van der Waals surface area (Å²) in [5, 5.41) is 1.25. The molecule has 52 heavy (non-hydrogen) atoms. The molecule has 2 aliphatic carbocycles. The van der Waals surface area contributed by atoms with Crippen LogP contribution in [-0.4, -0.2) is 26.5 Å². The van der Waals surface area contributed by atoms with E-state index in [0.29, 0.717) is 50.8 Å². The molecule has 9 rings (SSSR count). The van der Waals surface area contributed by atoms with Gasteiger partial charge in [-0.05, 0) is 72.3 Å². The van der Waals surface area contributed by atoms with Crippen molar-refractivity contribution in [1.82, 2.24) is 9.97 Å². The Morgan fingerprint density at radius 1 is 0.923 bits per heavy atom. The van der Waals surface area contributed by atoms with Gasteiger partial charge in [0.05, 0.1) is 5.58 Å². The number of benzene rings is 4. The number of nitrogens with zero attached hydrogens (tertiary/aromatic N) is 2. The van der Waals surface area contributed by atoms with E-state index in [9.17, 15) is 0 Å². The Morgan fingerprint density at radius 2 is 1.79 bits per heavy atom. The van der Waals surface area contributed by atoms with Crippen molar-refractivity contribution in [3.05, 3.63) is 138 Å². The SMILES string of the molecule is [2H]C([2H])([2H])c1c[c-]c(-c2cc(C([2H])([2H])C3CC4CCC3C4)ccn2)c2oc3cc(-c4ccccc4)ccc3c12.[2H]C([2H])(c1cc(-c2[c-]cccc2)nc[c]1[Ge])C(C)C.[Ir]. The Morgan fingerprint density at radius 3 is 2.54 bits per heavy atom. The van der Waals surface area contributed by atoms with E-state index in [1.807, 2.05) is 109 Å². The second-order valence-electron chi connectivity index (χ2n) is 14.0. The molecule has 262 valence electrons. The third-order valence-electron chi connectivity index (χ3n) is 10.1. The quantitative estimate of drug-likeness (QED) is 0.118. The van der Waals surface area contributed by atoms with E-state index < -0.39 is 19.6 Å². The number of furan rings is 1. The minimum Gasteiger partial charge on any atom is 0 e. The summed E-state index contributed by atoms with van der Waals surface area (Å²) in [7, 11) is 0. The fraction of sp³-hybridized carbons (Fsp3) is 0.277. The number of pyridine rings is 2. The predicted molar refractivity (Wildman–Crippen MR) is 211 cm³/mol. The number of aromatic nitrogens is 2. The second kappa shape index (κ2) is 16.0. The van der Waals surface area contributed by atoms with Crippen molar-refractivity contribution in [3.8, 4) is 33.6 Å². The predicted octanol–water partition coefficient (Wildman–Crippen LogP) is 10.9. The number of hydrogen-bond donors (Lipinski definition) is 0. The molecule has 4 aromatic carbocycles. The first-order valence-electron chi connectivity index (χ1n) is 21.3. The third kappa shape index (κ3) is 7.76. The van der Waals surface area contributed by atoms with Crippen LogP contribution < -0.4 is 4.40 Å².